The van der Waals surface area contributed by atoms with E-state index in [1.165, 1.54) is 23.8 Å². The van der Waals surface area contributed by atoms with Crippen LogP contribution in [0.25, 0.3) is 11.3 Å². The van der Waals surface area contributed by atoms with Crippen LogP contribution in [0.5, 0.6) is 0 Å². The number of benzene rings is 2. The Morgan fingerprint density at radius 2 is 2.03 bits per heavy atom. The number of amides is 1. The molecule has 2 heterocycles. The second-order valence-corrected chi connectivity index (χ2v) is 7.96. The maximum Gasteiger partial charge on any atom is 0.229 e. The highest BCUT2D eigenvalue weighted by Crippen LogP contribution is 2.25. The summed E-state index contributed by atoms with van der Waals surface area (Å²) in [6, 6.07) is 16.2. The zero-order chi connectivity index (χ0) is 21.1. The Morgan fingerprint density at radius 1 is 1.17 bits per heavy atom. The number of piperidine rings is 1. The van der Waals surface area contributed by atoms with Crippen LogP contribution >= 0.6 is 11.6 Å². The highest BCUT2D eigenvalue weighted by atomic mass is 35.5. The third kappa shape index (κ3) is 4.60. The summed E-state index contributed by atoms with van der Waals surface area (Å²) in [4.78, 5) is 14.8. The highest BCUT2D eigenvalue weighted by Gasteiger charge is 2.27. The lowest BCUT2D eigenvalue weighted by Crippen LogP contribution is -2.41. The van der Waals surface area contributed by atoms with Gasteiger partial charge in [0.25, 0.3) is 0 Å². The van der Waals surface area contributed by atoms with Crippen LogP contribution in [0.3, 0.4) is 0 Å². The van der Waals surface area contributed by atoms with Crippen LogP contribution in [0, 0.1) is 18.7 Å². The summed E-state index contributed by atoms with van der Waals surface area (Å²) >= 11 is 5.80. The number of nitrogens with zero attached hydrogens (tertiary/aromatic N) is 3. The number of aromatic nitrogens is 2. The largest absolute Gasteiger partial charge is 0.354 e. The molecular formula is C23H22ClFN4O. The molecule has 154 valence electrons. The Morgan fingerprint density at radius 3 is 2.77 bits per heavy atom. The average Bonchev–Trinajstić information content (AvgIpc) is 2.76. The quantitative estimate of drug-likeness (QED) is 0.633. The van der Waals surface area contributed by atoms with Gasteiger partial charge in [0.15, 0.2) is 5.82 Å². The van der Waals surface area contributed by atoms with E-state index in [9.17, 15) is 9.18 Å². The number of hydrogen-bond acceptors (Lipinski definition) is 4. The van der Waals surface area contributed by atoms with Crippen LogP contribution in [-0.4, -0.2) is 29.2 Å². The molecule has 1 atom stereocenters. The fourth-order valence-corrected chi connectivity index (χ4v) is 3.85. The van der Waals surface area contributed by atoms with Gasteiger partial charge in [-0.1, -0.05) is 35.4 Å². The molecule has 1 saturated heterocycles. The predicted octanol–water partition coefficient (Wildman–Crippen LogP) is 5.10. The minimum absolute atomic E-state index is 0.0120. The van der Waals surface area contributed by atoms with Crippen molar-refractivity contribution in [1.29, 1.82) is 0 Å². The van der Waals surface area contributed by atoms with Gasteiger partial charge in [0.05, 0.1) is 16.6 Å². The standard InChI is InChI=1S/C23H22ClFN4O/c1-15-4-2-5-16(12-15)21-9-10-22(28-27-21)29-11-3-6-17(14-29)23(30)26-18-7-8-20(25)19(24)13-18/h2,4-5,7-10,12-13,17H,3,6,11,14H2,1H3,(H,26,30)/t17-/m0/s1. The Labute approximate surface area is 179 Å². The number of carbonyl (C=O) groups is 1. The highest BCUT2D eigenvalue weighted by molar-refractivity contribution is 6.31. The third-order valence-electron chi connectivity index (χ3n) is 5.27. The molecule has 2 aromatic carbocycles. The second kappa shape index (κ2) is 8.79. The summed E-state index contributed by atoms with van der Waals surface area (Å²) in [7, 11) is 0. The van der Waals surface area contributed by atoms with Crippen molar-refractivity contribution in [2.45, 2.75) is 19.8 Å². The molecule has 1 N–H and O–H groups in total. The van der Waals surface area contributed by atoms with E-state index in [0.29, 0.717) is 12.2 Å². The van der Waals surface area contributed by atoms with E-state index in [-0.39, 0.29) is 16.8 Å². The molecule has 1 aliphatic heterocycles. The summed E-state index contributed by atoms with van der Waals surface area (Å²) in [6.07, 6.45) is 1.66. The first-order valence-corrected chi connectivity index (χ1v) is 10.3. The van der Waals surface area contributed by atoms with Crippen molar-refractivity contribution in [2.75, 3.05) is 23.3 Å². The smallest absolute Gasteiger partial charge is 0.229 e. The number of carbonyl (C=O) groups excluding carboxylic acids is 1. The van der Waals surface area contributed by atoms with Gasteiger partial charge in [0.1, 0.15) is 5.82 Å². The first-order chi connectivity index (χ1) is 14.5. The molecule has 3 aromatic rings. The van der Waals surface area contributed by atoms with Crippen LogP contribution in [0.2, 0.25) is 5.02 Å². The normalized spacial score (nSPS) is 16.4. The Balaban J connectivity index is 1.43. The molecule has 0 spiro atoms. The molecule has 4 rings (SSSR count). The summed E-state index contributed by atoms with van der Waals surface area (Å²) in [5.41, 5.74) is 3.52. The number of aryl methyl sites for hydroxylation is 1. The van der Waals surface area contributed by atoms with Crippen molar-refractivity contribution in [2.24, 2.45) is 5.92 Å². The fourth-order valence-electron chi connectivity index (χ4n) is 3.67. The van der Waals surface area contributed by atoms with E-state index < -0.39 is 5.82 Å². The van der Waals surface area contributed by atoms with Crippen molar-refractivity contribution >= 4 is 29.0 Å². The lowest BCUT2D eigenvalue weighted by Gasteiger charge is -2.32. The maximum atomic E-state index is 13.3. The molecule has 30 heavy (non-hydrogen) atoms. The van der Waals surface area contributed by atoms with Crippen LogP contribution in [0.15, 0.2) is 54.6 Å². The van der Waals surface area contributed by atoms with Crippen molar-refractivity contribution < 1.29 is 9.18 Å². The van der Waals surface area contributed by atoms with Gasteiger partial charge in [-0.3, -0.25) is 4.79 Å². The molecule has 1 aromatic heterocycles. The van der Waals surface area contributed by atoms with E-state index in [2.05, 4.69) is 26.5 Å². The van der Waals surface area contributed by atoms with Gasteiger partial charge in [0, 0.05) is 24.3 Å². The van der Waals surface area contributed by atoms with Gasteiger partial charge in [-0.05, 0) is 56.2 Å². The Bertz CT molecular complexity index is 1060. The topological polar surface area (TPSA) is 58.1 Å². The summed E-state index contributed by atoms with van der Waals surface area (Å²) in [6.45, 7) is 3.42. The average molecular weight is 425 g/mol. The SMILES string of the molecule is Cc1cccc(-c2ccc(N3CCC[C@H](C(=O)Nc4ccc(F)c(Cl)c4)C3)nn2)c1. The molecule has 5 nitrogen and oxygen atoms in total. The maximum absolute atomic E-state index is 13.3. The Kier molecular flexibility index (Phi) is 5.95. The zero-order valence-corrected chi connectivity index (χ0v) is 17.4. The van der Waals surface area contributed by atoms with Crippen molar-refractivity contribution in [3.05, 3.63) is 71.0 Å². The first kappa shape index (κ1) is 20.3. The number of halogens is 2. The molecule has 0 unspecified atom stereocenters. The van der Waals surface area contributed by atoms with Crippen LogP contribution in [-0.2, 0) is 4.79 Å². The van der Waals surface area contributed by atoms with Gasteiger partial charge in [-0.2, -0.15) is 0 Å². The fraction of sp³-hybridized carbons (Fsp3) is 0.261. The molecule has 1 aliphatic rings. The van der Waals surface area contributed by atoms with E-state index in [1.807, 2.05) is 37.3 Å². The lowest BCUT2D eigenvalue weighted by atomic mass is 9.97. The van der Waals surface area contributed by atoms with Crippen LogP contribution < -0.4 is 10.2 Å². The van der Waals surface area contributed by atoms with E-state index >= 15 is 0 Å². The van der Waals surface area contributed by atoms with Gasteiger partial charge in [-0.15, -0.1) is 10.2 Å². The van der Waals surface area contributed by atoms with Crippen LogP contribution in [0.4, 0.5) is 15.9 Å². The first-order valence-electron chi connectivity index (χ1n) is 9.91. The summed E-state index contributed by atoms with van der Waals surface area (Å²) in [5, 5.41) is 11.6. The molecule has 0 bridgehead atoms. The van der Waals surface area contributed by atoms with Crippen molar-refractivity contribution in [3.8, 4) is 11.3 Å². The lowest BCUT2D eigenvalue weighted by molar-refractivity contribution is -0.120. The number of hydrogen-bond donors (Lipinski definition) is 1. The minimum atomic E-state index is -0.508. The number of anilines is 2. The number of nitrogens with one attached hydrogen (secondary N) is 1. The van der Waals surface area contributed by atoms with E-state index in [1.54, 1.807) is 0 Å². The van der Waals surface area contributed by atoms with E-state index in [4.69, 9.17) is 11.6 Å². The molecule has 0 saturated carbocycles. The molecule has 0 radical (unpaired) electrons. The summed E-state index contributed by atoms with van der Waals surface area (Å²) < 4.78 is 13.3. The van der Waals surface area contributed by atoms with Gasteiger partial charge in [-0.25, -0.2) is 4.39 Å². The monoisotopic (exact) mass is 424 g/mol. The van der Waals surface area contributed by atoms with Gasteiger partial charge in [0.2, 0.25) is 5.91 Å². The van der Waals surface area contributed by atoms with Crippen molar-refractivity contribution in [1.82, 2.24) is 10.2 Å². The summed E-state index contributed by atoms with van der Waals surface area (Å²) in [5.74, 6) is -0.0486. The zero-order valence-electron chi connectivity index (χ0n) is 16.6. The van der Waals surface area contributed by atoms with Gasteiger partial charge < -0.3 is 10.2 Å². The molecule has 7 heteroatoms. The molecule has 1 amide bonds. The number of rotatable bonds is 4. The van der Waals surface area contributed by atoms with E-state index in [0.717, 1.165) is 36.5 Å². The second-order valence-electron chi connectivity index (χ2n) is 7.55. The third-order valence-corrected chi connectivity index (χ3v) is 5.56. The molecular weight excluding hydrogens is 403 g/mol. The van der Waals surface area contributed by atoms with Gasteiger partial charge >= 0.3 is 0 Å². The predicted molar refractivity (Wildman–Crippen MR) is 117 cm³/mol. The molecule has 1 fully saturated rings. The molecule has 0 aliphatic carbocycles. The minimum Gasteiger partial charge on any atom is -0.354 e. The van der Waals surface area contributed by atoms with Crippen LogP contribution in [0.1, 0.15) is 18.4 Å². The van der Waals surface area contributed by atoms with Crippen molar-refractivity contribution in [3.63, 3.8) is 0 Å². The Hall–Kier alpha value is -2.99.